The maximum Gasteiger partial charge on any atom is 0.260 e. The zero-order chi connectivity index (χ0) is 27.0. The fourth-order valence-corrected chi connectivity index (χ4v) is 5.29. The highest BCUT2D eigenvalue weighted by atomic mass is 16.5. The van der Waals surface area contributed by atoms with Gasteiger partial charge in [-0.15, -0.1) is 0 Å². The van der Waals surface area contributed by atoms with Crippen LogP contribution in [0.4, 0.5) is 0 Å². The van der Waals surface area contributed by atoms with Gasteiger partial charge in [0.15, 0.2) is 6.61 Å². The van der Waals surface area contributed by atoms with Crippen molar-refractivity contribution in [2.45, 2.75) is 25.6 Å². The molecule has 1 aliphatic rings. The van der Waals surface area contributed by atoms with E-state index in [1.807, 2.05) is 48.5 Å². The summed E-state index contributed by atoms with van der Waals surface area (Å²) in [5.41, 5.74) is 3.30. The highest BCUT2D eigenvalue weighted by Gasteiger charge is 2.18. The molecular formula is C31H37N3O5. The first-order chi connectivity index (χ1) is 19.1. The highest BCUT2D eigenvalue weighted by Crippen LogP contribution is 2.29. The number of benzene rings is 3. The monoisotopic (exact) mass is 531 g/mol. The summed E-state index contributed by atoms with van der Waals surface area (Å²) in [6.07, 6.45) is 0.0455. The first kappa shape index (κ1) is 27.1. The number of hydrogen-bond acceptors (Lipinski definition) is 6. The summed E-state index contributed by atoms with van der Waals surface area (Å²) in [6, 6.07) is 24.3. The quantitative estimate of drug-likeness (QED) is 0.292. The SMILES string of the molecule is O=C(COc1ccc(CN(CCCO)C[C@@H](O)Cn2c3ccccc3c3ccccc32)cc1)N1CCOCC1. The Balaban J connectivity index is 1.21. The Morgan fingerprint density at radius 2 is 1.59 bits per heavy atom. The minimum Gasteiger partial charge on any atom is -0.484 e. The first-order valence-corrected chi connectivity index (χ1v) is 13.7. The van der Waals surface area contributed by atoms with Crippen molar-refractivity contribution in [2.75, 3.05) is 52.6 Å². The zero-order valence-corrected chi connectivity index (χ0v) is 22.2. The molecule has 1 aromatic heterocycles. The van der Waals surface area contributed by atoms with Crippen LogP contribution < -0.4 is 4.74 Å². The van der Waals surface area contributed by atoms with Gasteiger partial charge in [0, 0.05) is 61.1 Å². The molecule has 8 heteroatoms. The molecule has 4 aromatic rings. The van der Waals surface area contributed by atoms with Crippen molar-refractivity contribution >= 4 is 27.7 Å². The summed E-state index contributed by atoms with van der Waals surface area (Å²) in [5, 5.41) is 23.0. The van der Waals surface area contributed by atoms with E-state index < -0.39 is 6.10 Å². The van der Waals surface area contributed by atoms with Crippen LogP contribution >= 0.6 is 0 Å². The number of aliphatic hydroxyl groups is 2. The van der Waals surface area contributed by atoms with E-state index in [0.717, 1.165) is 16.6 Å². The molecule has 0 saturated carbocycles. The topological polar surface area (TPSA) is 87.4 Å². The third-order valence-electron chi connectivity index (χ3n) is 7.23. The number of amides is 1. The molecule has 0 aliphatic carbocycles. The van der Waals surface area contributed by atoms with Crippen molar-refractivity contribution in [1.29, 1.82) is 0 Å². The van der Waals surface area contributed by atoms with Gasteiger partial charge in [0.2, 0.25) is 0 Å². The van der Waals surface area contributed by atoms with Crippen LogP contribution in [0.5, 0.6) is 5.75 Å². The maximum absolute atomic E-state index is 12.3. The van der Waals surface area contributed by atoms with Crippen molar-refractivity contribution < 1.29 is 24.5 Å². The highest BCUT2D eigenvalue weighted by molar-refractivity contribution is 6.07. The molecule has 1 fully saturated rings. The number of nitrogens with zero attached hydrogens (tertiary/aromatic N) is 3. The van der Waals surface area contributed by atoms with Crippen LogP contribution in [0.25, 0.3) is 21.8 Å². The summed E-state index contributed by atoms with van der Waals surface area (Å²) < 4.78 is 13.2. The van der Waals surface area contributed by atoms with Gasteiger partial charge < -0.3 is 29.2 Å². The van der Waals surface area contributed by atoms with Crippen LogP contribution in [0.15, 0.2) is 72.8 Å². The van der Waals surface area contributed by atoms with Crippen LogP contribution in [0.1, 0.15) is 12.0 Å². The molecule has 1 atom stereocenters. The van der Waals surface area contributed by atoms with Crippen molar-refractivity contribution in [1.82, 2.24) is 14.4 Å². The lowest BCUT2D eigenvalue weighted by Crippen LogP contribution is -2.42. The number of ether oxygens (including phenoxy) is 2. The van der Waals surface area contributed by atoms with Gasteiger partial charge in [0.1, 0.15) is 5.75 Å². The van der Waals surface area contributed by atoms with Crippen LogP contribution in [-0.2, 0) is 22.6 Å². The van der Waals surface area contributed by atoms with Gasteiger partial charge >= 0.3 is 0 Å². The minimum atomic E-state index is -0.586. The summed E-state index contributed by atoms with van der Waals surface area (Å²) in [7, 11) is 0. The first-order valence-electron chi connectivity index (χ1n) is 13.7. The predicted octanol–water partition coefficient (Wildman–Crippen LogP) is 3.28. The summed E-state index contributed by atoms with van der Waals surface area (Å²) >= 11 is 0. The Labute approximate surface area is 229 Å². The van der Waals surface area contributed by atoms with Gasteiger partial charge in [-0.2, -0.15) is 0 Å². The van der Waals surface area contributed by atoms with Crippen molar-refractivity contribution in [2.24, 2.45) is 0 Å². The standard InChI is InChI=1S/C31H37N3O5/c35-17-5-14-32(20-24-10-12-26(13-11-24)39-23-31(37)33-15-18-38-19-16-33)21-25(36)22-34-29-8-3-1-6-27(29)28-7-2-4-9-30(28)34/h1-4,6-13,25,35-36H,5,14-23H2/t25-/m1/s1. The smallest absolute Gasteiger partial charge is 0.260 e. The molecule has 0 spiro atoms. The Hall–Kier alpha value is -3.43. The molecule has 1 amide bonds. The molecule has 1 saturated heterocycles. The summed E-state index contributed by atoms with van der Waals surface area (Å²) in [6.45, 7) is 4.73. The van der Waals surface area contributed by atoms with Crippen molar-refractivity contribution in [3.63, 3.8) is 0 Å². The molecule has 8 nitrogen and oxygen atoms in total. The number of para-hydroxylation sites is 2. The van der Waals surface area contributed by atoms with Crippen LogP contribution in [0.3, 0.4) is 0 Å². The van der Waals surface area contributed by atoms with E-state index >= 15 is 0 Å². The molecule has 5 rings (SSSR count). The van der Waals surface area contributed by atoms with Gasteiger partial charge in [-0.3, -0.25) is 9.69 Å². The number of morpholine rings is 1. The Kier molecular flexibility index (Phi) is 9.11. The van der Waals surface area contributed by atoms with Crippen LogP contribution in [-0.4, -0.2) is 89.2 Å². The third kappa shape index (κ3) is 6.78. The number of carbonyl (C=O) groups is 1. The van der Waals surface area contributed by atoms with Gasteiger partial charge in [-0.25, -0.2) is 0 Å². The molecule has 3 aromatic carbocycles. The molecule has 0 radical (unpaired) electrons. The van der Waals surface area contributed by atoms with Crippen molar-refractivity contribution in [3.8, 4) is 5.75 Å². The Morgan fingerprint density at radius 3 is 2.23 bits per heavy atom. The van der Waals surface area contributed by atoms with E-state index in [0.29, 0.717) is 64.7 Å². The van der Waals surface area contributed by atoms with E-state index in [4.69, 9.17) is 9.47 Å². The number of carbonyl (C=O) groups excluding carboxylic acids is 1. The van der Waals surface area contributed by atoms with E-state index in [-0.39, 0.29) is 19.1 Å². The van der Waals surface area contributed by atoms with E-state index in [1.165, 1.54) is 10.8 Å². The van der Waals surface area contributed by atoms with E-state index in [1.54, 1.807) is 4.90 Å². The lowest BCUT2D eigenvalue weighted by Gasteiger charge is -2.27. The third-order valence-corrected chi connectivity index (χ3v) is 7.23. The molecule has 2 N–H and O–H groups in total. The predicted molar refractivity (Wildman–Crippen MR) is 152 cm³/mol. The van der Waals surface area contributed by atoms with E-state index in [9.17, 15) is 15.0 Å². The molecule has 1 aliphatic heterocycles. The van der Waals surface area contributed by atoms with Gasteiger partial charge in [0.05, 0.1) is 25.9 Å². The lowest BCUT2D eigenvalue weighted by molar-refractivity contribution is -0.137. The summed E-state index contributed by atoms with van der Waals surface area (Å²) in [4.78, 5) is 16.3. The van der Waals surface area contributed by atoms with Gasteiger partial charge in [0.25, 0.3) is 5.91 Å². The number of rotatable bonds is 12. The zero-order valence-electron chi connectivity index (χ0n) is 22.2. The Morgan fingerprint density at radius 1 is 0.949 bits per heavy atom. The second kappa shape index (κ2) is 13.1. The second-order valence-electron chi connectivity index (χ2n) is 10.0. The molecule has 2 heterocycles. The number of aromatic nitrogens is 1. The van der Waals surface area contributed by atoms with E-state index in [2.05, 4.69) is 33.7 Å². The maximum atomic E-state index is 12.3. The molecule has 39 heavy (non-hydrogen) atoms. The minimum absolute atomic E-state index is 0.0108. The number of hydrogen-bond donors (Lipinski definition) is 2. The Bertz CT molecular complexity index is 1310. The molecule has 206 valence electrons. The largest absolute Gasteiger partial charge is 0.484 e. The fourth-order valence-electron chi connectivity index (χ4n) is 5.29. The lowest BCUT2D eigenvalue weighted by atomic mass is 10.2. The molecule has 0 unspecified atom stereocenters. The number of fused-ring (bicyclic) bond motifs is 3. The van der Waals surface area contributed by atoms with Crippen molar-refractivity contribution in [3.05, 3.63) is 78.4 Å². The molecule has 0 bridgehead atoms. The van der Waals surface area contributed by atoms with Gasteiger partial charge in [-0.1, -0.05) is 48.5 Å². The van der Waals surface area contributed by atoms with Crippen LogP contribution in [0, 0.1) is 0 Å². The normalized spacial score (nSPS) is 14.8. The van der Waals surface area contributed by atoms with Gasteiger partial charge in [-0.05, 0) is 36.2 Å². The van der Waals surface area contributed by atoms with Crippen LogP contribution in [0.2, 0.25) is 0 Å². The summed E-state index contributed by atoms with van der Waals surface area (Å²) in [5.74, 6) is 0.614. The number of aliphatic hydroxyl groups excluding tert-OH is 2. The second-order valence-corrected chi connectivity index (χ2v) is 10.0. The molecular weight excluding hydrogens is 494 g/mol. The average molecular weight is 532 g/mol. The average Bonchev–Trinajstić information content (AvgIpc) is 3.29. The fraction of sp³-hybridized carbons (Fsp3) is 0.387.